The number of amides is 1. The van der Waals surface area contributed by atoms with Gasteiger partial charge in [0.15, 0.2) is 5.82 Å². The Morgan fingerprint density at radius 3 is 2.94 bits per heavy atom. The fourth-order valence-corrected chi connectivity index (χ4v) is 1.43. The lowest BCUT2D eigenvalue weighted by atomic mass is 10.2. The van der Waals surface area contributed by atoms with Gasteiger partial charge in [-0.25, -0.2) is 9.97 Å². The molecule has 0 saturated heterocycles. The standard InChI is InChI=1S/C11H14N6O/c1-12-9-5-8(3-4-13-9)11(18)14-6-10-15-7-17(2)16-10/h3-5,7H,6H2,1-2H3,(H,12,13)(H,14,18). The highest BCUT2D eigenvalue weighted by Gasteiger charge is 2.07. The van der Waals surface area contributed by atoms with E-state index in [-0.39, 0.29) is 5.91 Å². The van der Waals surface area contributed by atoms with E-state index in [1.165, 1.54) is 0 Å². The molecule has 94 valence electrons. The molecule has 0 fully saturated rings. The Kier molecular flexibility index (Phi) is 3.52. The molecule has 0 unspecified atom stereocenters. The summed E-state index contributed by atoms with van der Waals surface area (Å²) in [4.78, 5) is 19.9. The quantitative estimate of drug-likeness (QED) is 0.804. The molecule has 0 saturated carbocycles. The van der Waals surface area contributed by atoms with E-state index in [2.05, 4.69) is 25.7 Å². The fourth-order valence-electron chi connectivity index (χ4n) is 1.43. The maximum absolute atomic E-state index is 11.9. The molecule has 0 bridgehead atoms. The second-order valence-corrected chi connectivity index (χ2v) is 3.70. The molecule has 0 aliphatic carbocycles. The van der Waals surface area contributed by atoms with E-state index in [0.717, 1.165) is 0 Å². The van der Waals surface area contributed by atoms with E-state index in [0.29, 0.717) is 23.8 Å². The predicted octanol–water partition coefficient (Wildman–Crippen LogP) is 0.182. The first kappa shape index (κ1) is 12.0. The molecule has 2 aromatic rings. The van der Waals surface area contributed by atoms with Crippen LogP contribution in [0.2, 0.25) is 0 Å². The minimum atomic E-state index is -0.179. The Morgan fingerprint density at radius 1 is 1.44 bits per heavy atom. The Labute approximate surface area is 104 Å². The highest BCUT2D eigenvalue weighted by molar-refractivity contribution is 5.94. The average molecular weight is 246 g/mol. The summed E-state index contributed by atoms with van der Waals surface area (Å²) in [6.07, 6.45) is 3.17. The summed E-state index contributed by atoms with van der Waals surface area (Å²) in [5.41, 5.74) is 0.547. The Morgan fingerprint density at radius 2 is 2.28 bits per heavy atom. The van der Waals surface area contributed by atoms with Crippen LogP contribution in [0, 0.1) is 0 Å². The summed E-state index contributed by atoms with van der Waals surface area (Å²) in [7, 11) is 3.53. The maximum atomic E-state index is 11.9. The van der Waals surface area contributed by atoms with Crippen LogP contribution in [-0.4, -0.2) is 32.7 Å². The van der Waals surface area contributed by atoms with Gasteiger partial charge in [-0.1, -0.05) is 0 Å². The number of carbonyl (C=O) groups excluding carboxylic acids is 1. The Hall–Kier alpha value is -2.44. The van der Waals surface area contributed by atoms with Gasteiger partial charge in [0.2, 0.25) is 0 Å². The Balaban J connectivity index is 1.99. The summed E-state index contributed by atoms with van der Waals surface area (Å²) < 4.78 is 1.59. The van der Waals surface area contributed by atoms with Crippen molar-refractivity contribution in [2.45, 2.75) is 6.54 Å². The third-order valence-corrected chi connectivity index (χ3v) is 2.33. The molecule has 0 aliphatic rings. The summed E-state index contributed by atoms with van der Waals surface area (Å²) in [6.45, 7) is 0.302. The van der Waals surface area contributed by atoms with E-state index < -0.39 is 0 Å². The second-order valence-electron chi connectivity index (χ2n) is 3.70. The number of hydrogen-bond acceptors (Lipinski definition) is 5. The second kappa shape index (κ2) is 5.26. The number of pyridine rings is 1. The largest absolute Gasteiger partial charge is 0.373 e. The van der Waals surface area contributed by atoms with Crippen LogP contribution in [0.15, 0.2) is 24.7 Å². The summed E-state index contributed by atoms with van der Waals surface area (Å²) >= 11 is 0. The lowest BCUT2D eigenvalue weighted by Gasteiger charge is -2.04. The third-order valence-electron chi connectivity index (χ3n) is 2.33. The van der Waals surface area contributed by atoms with Gasteiger partial charge in [0.1, 0.15) is 12.1 Å². The highest BCUT2D eigenvalue weighted by Crippen LogP contribution is 2.05. The van der Waals surface area contributed by atoms with Crippen molar-refractivity contribution in [1.29, 1.82) is 0 Å². The van der Waals surface area contributed by atoms with Gasteiger partial charge in [-0.05, 0) is 12.1 Å². The van der Waals surface area contributed by atoms with Crippen molar-refractivity contribution in [2.24, 2.45) is 7.05 Å². The molecular weight excluding hydrogens is 232 g/mol. The van der Waals surface area contributed by atoms with Crippen LogP contribution in [0.1, 0.15) is 16.2 Å². The molecule has 1 amide bonds. The summed E-state index contributed by atoms with van der Waals surface area (Å²) in [5, 5.41) is 9.70. The first-order valence-electron chi connectivity index (χ1n) is 5.45. The van der Waals surface area contributed by atoms with E-state index in [1.54, 1.807) is 43.4 Å². The van der Waals surface area contributed by atoms with Gasteiger partial charge in [0, 0.05) is 25.9 Å². The first-order valence-corrected chi connectivity index (χ1v) is 5.45. The molecule has 0 aromatic carbocycles. The number of nitrogens with one attached hydrogen (secondary N) is 2. The summed E-state index contributed by atoms with van der Waals surface area (Å²) in [5.74, 6) is 1.05. The highest BCUT2D eigenvalue weighted by atomic mass is 16.1. The van der Waals surface area contributed by atoms with Crippen molar-refractivity contribution < 1.29 is 4.79 Å². The monoisotopic (exact) mass is 246 g/mol. The molecule has 2 heterocycles. The van der Waals surface area contributed by atoms with E-state index in [4.69, 9.17) is 0 Å². The zero-order valence-electron chi connectivity index (χ0n) is 10.2. The molecule has 0 spiro atoms. The number of anilines is 1. The van der Waals surface area contributed by atoms with Crippen LogP contribution in [0.3, 0.4) is 0 Å². The van der Waals surface area contributed by atoms with Crippen LogP contribution in [-0.2, 0) is 13.6 Å². The topological polar surface area (TPSA) is 84.7 Å². The molecule has 2 aromatic heterocycles. The van der Waals surface area contributed by atoms with Crippen LogP contribution >= 0.6 is 0 Å². The number of hydrogen-bond donors (Lipinski definition) is 2. The van der Waals surface area contributed by atoms with Crippen LogP contribution in [0.25, 0.3) is 0 Å². The van der Waals surface area contributed by atoms with E-state index >= 15 is 0 Å². The average Bonchev–Trinajstić information content (AvgIpc) is 2.82. The van der Waals surface area contributed by atoms with Gasteiger partial charge in [-0.3, -0.25) is 9.48 Å². The first-order chi connectivity index (χ1) is 8.69. The number of nitrogens with zero attached hydrogens (tertiary/aromatic N) is 4. The fraction of sp³-hybridized carbons (Fsp3) is 0.273. The Bertz CT molecular complexity index is 550. The zero-order valence-corrected chi connectivity index (χ0v) is 10.2. The van der Waals surface area contributed by atoms with Crippen LogP contribution < -0.4 is 10.6 Å². The van der Waals surface area contributed by atoms with Crippen LogP contribution in [0.4, 0.5) is 5.82 Å². The summed E-state index contributed by atoms with van der Waals surface area (Å²) in [6, 6.07) is 3.34. The molecule has 7 nitrogen and oxygen atoms in total. The zero-order chi connectivity index (χ0) is 13.0. The normalized spacial score (nSPS) is 10.1. The number of aryl methyl sites for hydroxylation is 1. The van der Waals surface area contributed by atoms with Crippen molar-refractivity contribution in [3.05, 3.63) is 36.0 Å². The number of rotatable bonds is 4. The van der Waals surface area contributed by atoms with Crippen LogP contribution in [0.5, 0.6) is 0 Å². The maximum Gasteiger partial charge on any atom is 0.251 e. The number of aromatic nitrogens is 4. The molecule has 0 radical (unpaired) electrons. The molecular formula is C11H14N6O. The lowest BCUT2D eigenvalue weighted by molar-refractivity contribution is 0.0950. The van der Waals surface area contributed by atoms with Gasteiger partial charge in [0.05, 0.1) is 6.54 Å². The lowest BCUT2D eigenvalue weighted by Crippen LogP contribution is -2.23. The molecule has 7 heteroatoms. The predicted molar refractivity (Wildman–Crippen MR) is 66.0 cm³/mol. The minimum Gasteiger partial charge on any atom is -0.373 e. The number of carbonyl (C=O) groups is 1. The molecule has 2 rings (SSSR count). The van der Waals surface area contributed by atoms with Crippen molar-refractivity contribution in [1.82, 2.24) is 25.1 Å². The SMILES string of the molecule is CNc1cc(C(=O)NCc2ncn(C)n2)ccn1. The van der Waals surface area contributed by atoms with Crippen molar-refractivity contribution in [3.8, 4) is 0 Å². The van der Waals surface area contributed by atoms with Gasteiger partial charge in [0.25, 0.3) is 5.91 Å². The van der Waals surface area contributed by atoms with Crippen molar-refractivity contribution >= 4 is 11.7 Å². The molecule has 2 N–H and O–H groups in total. The van der Waals surface area contributed by atoms with E-state index in [9.17, 15) is 4.79 Å². The van der Waals surface area contributed by atoms with Gasteiger partial charge in [-0.2, -0.15) is 5.10 Å². The molecule has 0 aliphatic heterocycles. The van der Waals surface area contributed by atoms with Gasteiger partial charge >= 0.3 is 0 Å². The van der Waals surface area contributed by atoms with Crippen molar-refractivity contribution in [3.63, 3.8) is 0 Å². The van der Waals surface area contributed by atoms with Gasteiger partial charge < -0.3 is 10.6 Å². The van der Waals surface area contributed by atoms with Gasteiger partial charge in [-0.15, -0.1) is 0 Å². The van der Waals surface area contributed by atoms with E-state index in [1.807, 2.05) is 0 Å². The molecule has 18 heavy (non-hydrogen) atoms. The minimum absolute atomic E-state index is 0.179. The smallest absolute Gasteiger partial charge is 0.251 e. The molecule has 0 atom stereocenters. The van der Waals surface area contributed by atoms with Crippen molar-refractivity contribution in [2.75, 3.05) is 12.4 Å². The third kappa shape index (κ3) is 2.82.